The van der Waals surface area contributed by atoms with Crippen LogP contribution in [0.2, 0.25) is 0 Å². The van der Waals surface area contributed by atoms with Crippen molar-refractivity contribution >= 4 is 33.6 Å². The van der Waals surface area contributed by atoms with Gasteiger partial charge in [0.05, 0.1) is 11.6 Å². The van der Waals surface area contributed by atoms with E-state index in [9.17, 15) is 0 Å². The first-order valence-electron chi connectivity index (χ1n) is 8.29. The molecule has 126 valence electrons. The fourth-order valence-electron chi connectivity index (χ4n) is 3.30. The topological polar surface area (TPSA) is 78.9 Å². The number of anilines is 1. The second-order valence-electron chi connectivity index (χ2n) is 6.22. The number of nitriles is 1. The van der Waals surface area contributed by atoms with Gasteiger partial charge in [0.15, 0.2) is 5.82 Å². The molecule has 3 aromatic rings. The van der Waals surface area contributed by atoms with Gasteiger partial charge in [0.2, 0.25) is 0 Å². The molecule has 0 fully saturated rings. The Labute approximate surface area is 149 Å². The van der Waals surface area contributed by atoms with E-state index in [1.807, 2.05) is 24.6 Å². The van der Waals surface area contributed by atoms with Crippen LogP contribution in [0.3, 0.4) is 0 Å². The maximum absolute atomic E-state index is 9.12. The van der Waals surface area contributed by atoms with E-state index < -0.39 is 0 Å². The molecule has 0 saturated heterocycles. The quantitative estimate of drug-likeness (QED) is 0.579. The maximum atomic E-state index is 9.12. The molecule has 25 heavy (non-hydrogen) atoms. The van der Waals surface area contributed by atoms with Crippen LogP contribution in [0, 0.1) is 18.3 Å². The fourth-order valence-corrected chi connectivity index (χ4v) is 4.53. The second-order valence-corrected chi connectivity index (χ2v) is 7.31. The van der Waals surface area contributed by atoms with Crippen molar-refractivity contribution in [3.63, 3.8) is 0 Å². The molecule has 0 unspecified atom stereocenters. The zero-order valence-electron chi connectivity index (χ0n) is 14.2. The van der Waals surface area contributed by atoms with Crippen LogP contribution in [-0.2, 0) is 19.9 Å². The molecule has 0 aromatic carbocycles. The third-order valence-corrected chi connectivity index (χ3v) is 6.01. The molecule has 1 aliphatic rings. The van der Waals surface area contributed by atoms with Crippen molar-refractivity contribution in [1.29, 1.82) is 5.26 Å². The Kier molecular flexibility index (Phi) is 3.98. The Morgan fingerprint density at radius 1 is 1.36 bits per heavy atom. The minimum atomic E-state index is 0.621. The largest absolute Gasteiger partial charge is 0.339 e. The highest BCUT2D eigenvalue weighted by Gasteiger charge is 2.19. The first-order chi connectivity index (χ1) is 12.2. The number of aryl methyl sites for hydroxylation is 2. The summed E-state index contributed by atoms with van der Waals surface area (Å²) >= 11 is 1.77. The van der Waals surface area contributed by atoms with Crippen LogP contribution in [0.4, 0.5) is 5.82 Å². The molecule has 6 nitrogen and oxygen atoms in total. The zero-order chi connectivity index (χ0) is 17.4. The predicted octanol–water partition coefficient (Wildman–Crippen LogP) is 3.53. The van der Waals surface area contributed by atoms with Gasteiger partial charge in [0.25, 0.3) is 0 Å². The highest BCUT2D eigenvalue weighted by molar-refractivity contribution is 7.19. The zero-order valence-corrected chi connectivity index (χ0v) is 15.0. The molecule has 0 amide bonds. The van der Waals surface area contributed by atoms with Crippen LogP contribution in [0.1, 0.15) is 40.2 Å². The molecule has 1 N–H and O–H groups in total. The molecule has 0 spiro atoms. The summed E-state index contributed by atoms with van der Waals surface area (Å²) in [6.45, 7) is 1.97. The molecule has 0 atom stereocenters. The normalized spacial score (nSPS) is 14.0. The molecule has 0 bridgehead atoms. The Morgan fingerprint density at radius 2 is 2.20 bits per heavy atom. The standard InChI is InChI=1S/C18H18N6S/c1-11-12(7-13(8-19)24(11)2)9-22-23-17-16-14-5-3-4-6-15(14)25-18(16)21-10-20-17/h7,9-10H,3-6H2,1-2H3,(H,20,21,23)/b22-9-. The number of hydrogen-bond donors (Lipinski definition) is 1. The molecular weight excluding hydrogens is 332 g/mol. The van der Waals surface area contributed by atoms with Crippen LogP contribution in [0.15, 0.2) is 17.5 Å². The van der Waals surface area contributed by atoms with Gasteiger partial charge in [0, 0.05) is 23.2 Å². The lowest BCUT2D eigenvalue weighted by Crippen LogP contribution is -2.01. The van der Waals surface area contributed by atoms with Crippen LogP contribution < -0.4 is 5.43 Å². The lowest BCUT2D eigenvalue weighted by atomic mass is 9.97. The van der Waals surface area contributed by atoms with Gasteiger partial charge in [0.1, 0.15) is 22.9 Å². The number of hydrazone groups is 1. The van der Waals surface area contributed by atoms with Crippen molar-refractivity contribution in [2.45, 2.75) is 32.6 Å². The third-order valence-electron chi connectivity index (χ3n) is 4.81. The van der Waals surface area contributed by atoms with Crippen LogP contribution in [0.25, 0.3) is 10.2 Å². The SMILES string of the molecule is Cc1c(/C=N\Nc2ncnc3sc4c(c23)CCCC4)cc(C#N)n1C. The van der Waals surface area contributed by atoms with E-state index >= 15 is 0 Å². The number of hydrogen-bond acceptors (Lipinski definition) is 6. The summed E-state index contributed by atoms with van der Waals surface area (Å²) in [6.07, 6.45) is 8.02. The van der Waals surface area contributed by atoms with E-state index in [-0.39, 0.29) is 0 Å². The van der Waals surface area contributed by atoms with Gasteiger partial charge in [-0.05, 0) is 44.2 Å². The van der Waals surface area contributed by atoms with E-state index in [1.165, 1.54) is 23.3 Å². The van der Waals surface area contributed by atoms with Crippen molar-refractivity contribution in [2.75, 3.05) is 5.43 Å². The average Bonchev–Trinajstić information content (AvgIpc) is 3.14. The van der Waals surface area contributed by atoms with Crippen molar-refractivity contribution in [1.82, 2.24) is 14.5 Å². The van der Waals surface area contributed by atoms with E-state index in [4.69, 9.17) is 5.26 Å². The monoisotopic (exact) mass is 350 g/mol. The number of thiophene rings is 1. The Bertz CT molecular complexity index is 1020. The van der Waals surface area contributed by atoms with Crippen LogP contribution >= 0.6 is 11.3 Å². The van der Waals surface area contributed by atoms with Gasteiger partial charge in [-0.25, -0.2) is 9.97 Å². The number of rotatable bonds is 3. The molecule has 0 radical (unpaired) electrons. The summed E-state index contributed by atoms with van der Waals surface area (Å²) in [5, 5.41) is 14.6. The molecule has 0 saturated carbocycles. The van der Waals surface area contributed by atoms with Crippen LogP contribution in [-0.4, -0.2) is 20.7 Å². The average molecular weight is 350 g/mol. The summed E-state index contributed by atoms with van der Waals surface area (Å²) in [7, 11) is 1.88. The highest BCUT2D eigenvalue weighted by Crippen LogP contribution is 2.38. The maximum Gasteiger partial charge on any atom is 0.158 e. The van der Waals surface area contributed by atoms with E-state index in [1.54, 1.807) is 23.9 Å². The fraction of sp³-hybridized carbons (Fsp3) is 0.333. The molecule has 1 aliphatic carbocycles. The summed E-state index contributed by atoms with van der Waals surface area (Å²) in [5.74, 6) is 0.759. The molecule has 3 aromatic heterocycles. The van der Waals surface area contributed by atoms with Gasteiger partial charge in [-0.2, -0.15) is 10.4 Å². The molecule has 0 aliphatic heterocycles. The first kappa shape index (κ1) is 15.8. The second kappa shape index (κ2) is 6.30. The van der Waals surface area contributed by atoms with E-state index in [0.717, 1.165) is 40.1 Å². The van der Waals surface area contributed by atoms with E-state index in [2.05, 4.69) is 26.6 Å². The Hall–Kier alpha value is -2.72. The van der Waals surface area contributed by atoms with Crippen molar-refractivity contribution in [2.24, 2.45) is 12.1 Å². The lowest BCUT2D eigenvalue weighted by molar-refractivity contribution is 0.700. The molecule has 4 rings (SSSR count). The lowest BCUT2D eigenvalue weighted by Gasteiger charge is -2.11. The van der Waals surface area contributed by atoms with Gasteiger partial charge in [-0.15, -0.1) is 11.3 Å². The minimum Gasteiger partial charge on any atom is -0.339 e. The van der Waals surface area contributed by atoms with Gasteiger partial charge in [-0.3, -0.25) is 5.43 Å². The summed E-state index contributed by atoms with van der Waals surface area (Å²) < 4.78 is 1.86. The Balaban J connectivity index is 1.66. The Morgan fingerprint density at radius 3 is 3.00 bits per heavy atom. The first-order valence-corrected chi connectivity index (χ1v) is 9.11. The summed E-state index contributed by atoms with van der Waals surface area (Å²) in [5.41, 5.74) is 7.00. The number of aromatic nitrogens is 3. The summed E-state index contributed by atoms with van der Waals surface area (Å²) in [4.78, 5) is 11.3. The minimum absolute atomic E-state index is 0.621. The highest BCUT2D eigenvalue weighted by atomic mass is 32.1. The number of nitrogens with one attached hydrogen (secondary N) is 1. The van der Waals surface area contributed by atoms with Crippen LogP contribution in [0.5, 0.6) is 0 Å². The van der Waals surface area contributed by atoms with Crippen molar-refractivity contribution in [3.8, 4) is 6.07 Å². The van der Waals surface area contributed by atoms with Crippen molar-refractivity contribution in [3.05, 3.63) is 39.8 Å². The summed E-state index contributed by atoms with van der Waals surface area (Å²) in [6, 6.07) is 4.02. The smallest absolute Gasteiger partial charge is 0.158 e. The third kappa shape index (κ3) is 2.68. The van der Waals surface area contributed by atoms with E-state index in [0.29, 0.717) is 5.69 Å². The van der Waals surface area contributed by atoms with Gasteiger partial charge in [-0.1, -0.05) is 0 Å². The molecule has 7 heteroatoms. The van der Waals surface area contributed by atoms with Gasteiger partial charge < -0.3 is 4.57 Å². The number of nitrogens with zero attached hydrogens (tertiary/aromatic N) is 5. The number of fused-ring (bicyclic) bond motifs is 3. The molecular formula is C18H18N6S. The predicted molar refractivity (Wildman–Crippen MR) is 100 cm³/mol. The van der Waals surface area contributed by atoms with Crippen molar-refractivity contribution < 1.29 is 0 Å². The molecule has 3 heterocycles. The van der Waals surface area contributed by atoms with Gasteiger partial charge >= 0.3 is 0 Å².